The number of aliphatic carboxylic acids is 1. The fourth-order valence-corrected chi connectivity index (χ4v) is 1.70. The number of hydrogen-bond donors (Lipinski definition) is 3. The zero-order valence-electron chi connectivity index (χ0n) is 12.2. The van der Waals surface area contributed by atoms with Gasteiger partial charge in [-0.25, -0.2) is 9.59 Å². The third-order valence-electron chi connectivity index (χ3n) is 2.76. The van der Waals surface area contributed by atoms with Crippen LogP contribution in [0.15, 0.2) is 18.2 Å². The minimum absolute atomic E-state index is 0.254. The van der Waals surface area contributed by atoms with Gasteiger partial charge < -0.3 is 15.7 Å². The maximum Gasteiger partial charge on any atom is 0.326 e. The van der Waals surface area contributed by atoms with Crippen LogP contribution in [-0.2, 0) is 11.3 Å². The van der Waals surface area contributed by atoms with Gasteiger partial charge in [-0.15, -0.1) is 0 Å². The molecule has 0 saturated heterocycles. The lowest BCUT2D eigenvalue weighted by Crippen LogP contribution is -2.52. The molecule has 0 saturated carbocycles. The van der Waals surface area contributed by atoms with Gasteiger partial charge in [-0.3, -0.25) is 4.98 Å². The molecule has 0 aliphatic carbocycles. The summed E-state index contributed by atoms with van der Waals surface area (Å²) in [7, 11) is 0. The summed E-state index contributed by atoms with van der Waals surface area (Å²) in [6.45, 7) is 7.39. The minimum atomic E-state index is -1.05. The summed E-state index contributed by atoms with van der Waals surface area (Å²) in [5.74, 6) is -1.05. The number of amides is 2. The van der Waals surface area contributed by atoms with Crippen molar-refractivity contribution in [3.63, 3.8) is 0 Å². The number of carbonyl (C=O) groups is 2. The van der Waals surface area contributed by atoms with Gasteiger partial charge in [-0.1, -0.05) is 26.8 Å². The van der Waals surface area contributed by atoms with Crippen molar-refractivity contribution in [2.24, 2.45) is 5.41 Å². The molecule has 0 spiro atoms. The van der Waals surface area contributed by atoms with Crippen LogP contribution in [0, 0.1) is 12.3 Å². The number of nitrogens with one attached hydrogen (secondary N) is 2. The summed E-state index contributed by atoms with van der Waals surface area (Å²) >= 11 is 0. The van der Waals surface area contributed by atoms with Crippen LogP contribution < -0.4 is 10.6 Å². The van der Waals surface area contributed by atoms with Gasteiger partial charge in [0.2, 0.25) is 0 Å². The summed E-state index contributed by atoms with van der Waals surface area (Å²) in [5, 5.41) is 14.2. The maximum absolute atomic E-state index is 11.7. The summed E-state index contributed by atoms with van der Waals surface area (Å²) in [4.78, 5) is 27.1. The molecular formula is C14H21N3O3. The average Bonchev–Trinajstić information content (AvgIpc) is 2.31. The molecule has 110 valence electrons. The zero-order chi connectivity index (χ0) is 15.3. The van der Waals surface area contributed by atoms with E-state index in [0.29, 0.717) is 0 Å². The number of aromatic nitrogens is 1. The topological polar surface area (TPSA) is 91.3 Å². The average molecular weight is 279 g/mol. The van der Waals surface area contributed by atoms with Crippen LogP contribution in [0.2, 0.25) is 0 Å². The van der Waals surface area contributed by atoms with E-state index in [1.165, 1.54) is 0 Å². The Labute approximate surface area is 118 Å². The molecule has 0 radical (unpaired) electrons. The number of carbonyl (C=O) groups excluding carboxylic acids is 1. The van der Waals surface area contributed by atoms with Crippen LogP contribution in [0.3, 0.4) is 0 Å². The van der Waals surface area contributed by atoms with Gasteiger partial charge in [0.25, 0.3) is 0 Å². The second-order valence-corrected chi connectivity index (χ2v) is 5.73. The normalized spacial score (nSPS) is 12.6. The van der Waals surface area contributed by atoms with Crippen LogP contribution in [0.1, 0.15) is 32.2 Å². The highest BCUT2D eigenvalue weighted by Gasteiger charge is 2.32. The first-order valence-electron chi connectivity index (χ1n) is 6.40. The molecular weight excluding hydrogens is 258 g/mol. The summed E-state index contributed by atoms with van der Waals surface area (Å²) in [6, 6.07) is 4.05. The molecule has 2 amide bonds. The molecule has 6 heteroatoms. The Morgan fingerprint density at radius 2 is 2.00 bits per heavy atom. The molecule has 1 heterocycles. The standard InChI is InChI=1S/C14H21N3O3/c1-9-6-5-7-10(16-9)8-15-13(20)17-11(12(18)19)14(2,3)4/h5-7,11H,8H2,1-4H3,(H,18,19)(H2,15,17,20)/t11-/m1/s1. The molecule has 0 bridgehead atoms. The van der Waals surface area contributed by atoms with Crippen molar-refractivity contribution in [1.29, 1.82) is 0 Å². The van der Waals surface area contributed by atoms with Crippen LogP contribution in [0.4, 0.5) is 4.79 Å². The highest BCUT2D eigenvalue weighted by atomic mass is 16.4. The molecule has 1 aromatic heterocycles. The van der Waals surface area contributed by atoms with Crippen LogP contribution in [0.5, 0.6) is 0 Å². The lowest BCUT2D eigenvalue weighted by molar-refractivity contribution is -0.141. The van der Waals surface area contributed by atoms with Crippen molar-refractivity contribution in [3.8, 4) is 0 Å². The zero-order valence-corrected chi connectivity index (χ0v) is 12.2. The van der Waals surface area contributed by atoms with E-state index in [2.05, 4.69) is 15.6 Å². The van der Waals surface area contributed by atoms with E-state index in [9.17, 15) is 9.59 Å². The maximum atomic E-state index is 11.7. The van der Waals surface area contributed by atoms with Gasteiger partial charge in [0.15, 0.2) is 0 Å². The SMILES string of the molecule is Cc1cccc(CNC(=O)N[C@H](C(=O)O)C(C)(C)C)n1. The number of hydrogen-bond acceptors (Lipinski definition) is 3. The molecule has 20 heavy (non-hydrogen) atoms. The van der Waals surface area contributed by atoms with Gasteiger partial charge in [0.05, 0.1) is 12.2 Å². The van der Waals surface area contributed by atoms with Crippen molar-refractivity contribution in [3.05, 3.63) is 29.6 Å². The van der Waals surface area contributed by atoms with E-state index in [1.807, 2.05) is 19.1 Å². The van der Waals surface area contributed by atoms with Crippen LogP contribution >= 0.6 is 0 Å². The molecule has 3 N–H and O–H groups in total. The van der Waals surface area contributed by atoms with Gasteiger partial charge >= 0.3 is 12.0 Å². The van der Waals surface area contributed by atoms with Gasteiger partial charge in [-0.05, 0) is 24.5 Å². The molecule has 0 fully saturated rings. The van der Waals surface area contributed by atoms with Gasteiger partial charge in [0.1, 0.15) is 6.04 Å². The Morgan fingerprint density at radius 3 is 2.50 bits per heavy atom. The lowest BCUT2D eigenvalue weighted by atomic mass is 9.87. The predicted octanol–water partition coefficient (Wildman–Crippen LogP) is 1.69. The van der Waals surface area contributed by atoms with Crippen molar-refractivity contribution >= 4 is 12.0 Å². The highest BCUT2D eigenvalue weighted by molar-refractivity contribution is 5.83. The quantitative estimate of drug-likeness (QED) is 0.782. The molecule has 6 nitrogen and oxygen atoms in total. The number of pyridine rings is 1. The Morgan fingerprint density at radius 1 is 1.35 bits per heavy atom. The molecule has 1 atom stereocenters. The van der Waals surface area contributed by atoms with E-state index in [4.69, 9.17) is 5.11 Å². The molecule has 0 aliphatic heterocycles. The Bertz CT molecular complexity index is 495. The Kier molecular flexibility index (Phi) is 5.07. The Hall–Kier alpha value is -2.11. The summed E-state index contributed by atoms with van der Waals surface area (Å²) < 4.78 is 0. The fourth-order valence-electron chi connectivity index (χ4n) is 1.70. The number of carboxylic acid groups (broad SMARTS) is 1. The van der Waals surface area contributed by atoms with E-state index in [1.54, 1.807) is 26.8 Å². The molecule has 1 rings (SSSR count). The van der Waals surface area contributed by atoms with Crippen LogP contribution in [-0.4, -0.2) is 28.1 Å². The van der Waals surface area contributed by atoms with Crippen molar-refractivity contribution in [1.82, 2.24) is 15.6 Å². The predicted molar refractivity (Wildman–Crippen MR) is 75.2 cm³/mol. The van der Waals surface area contributed by atoms with Crippen LogP contribution in [0.25, 0.3) is 0 Å². The van der Waals surface area contributed by atoms with E-state index in [0.717, 1.165) is 11.4 Å². The largest absolute Gasteiger partial charge is 0.480 e. The first kappa shape index (κ1) is 15.9. The summed E-state index contributed by atoms with van der Waals surface area (Å²) in [6.07, 6.45) is 0. The molecule has 0 unspecified atom stereocenters. The van der Waals surface area contributed by atoms with E-state index >= 15 is 0 Å². The minimum Gasteiger partial charge on any atom is -0.480 e. The number of rotatable bonds is 4. The van der Waals surface area contributed by atoms with E-state index in [-0.39, 0.29) is 6.54 Å². The summed E-state index contributed by atoms with van der Waals surface area (Å²) in [5.41, 5.74) is 1.02. The highest BCUT2D eigenvalue weighted by Crippen LogP contribution is 2.19. The molecule has 0 aromatic carbocycles. The lowest BCUT2D eigenvalue weighted by Gasteiger charge is -2.27. The van der Waals surface area contributed by atoms with Crippen molar-refractivity contribution in [2.45, 2.75) is 40.3 Å². The number of carboxylic acids is 1. The Balaban J connectivity index is 2.57. The first-order chi connectivity index (χ1) is 9.20. The fraction of sp³-hybridized carbons (Fsp3) is 0.500. The molecule has 0 aliphatic rings. The van der Waals surface area contributed by atoms with Crippen molar-refractivity contribution in [2.75, 3.05) is 0 Å². The number of aryl methyl sites for hydroxylation is 1. The molecule has 1 aromatic rings. The van der Waals surface area contributed by atoms with E-state index < -0.39 is 23.5 Å². The second kappa shape index (κ2) is 6.36. The van der Waals surface area contributed by atoms with Gasteiger partial charge in [-0.2, -0.15) is 0 Å². The smallest absolute Gasteiger partial charge is 0.326 e. The first-order valence-corrected chi connectivity index (χ1v) is 6.40. The second-order valence-electron chi connectivity index (χ2n) is 5.73. The third kappa shape index (κ3) is 4.87. The van der Waals surface area contributed by atoms with Gasteiger partial charge in [0, 0.05) is 5.69 Å². The number of nitrogens with zero attached hydrogens (tertiary/aromatic N) is 1. The van der Waals surface area contributed by atoms with Crippen molar-refractivity contribution < 1.29 is 14.7 Å². The number of urea groups is 1. The monoisotopic (exact) mass is 279 g/mol. The third-order valence-corrected chi connectivity index (χ3v) is 2.76.